The Morgan fingerprint density at radius 2 is 2.00 bits per heavy atom. The minimum Gasteiger partial charge on any atom is -0.325 e. The Morgan fingerprint density at radius 1 is 1.33 bits per heavy atom. The van der Waals surface area contributed by atoms with Gasteiger partial charge < -0.3 is 10.6 Å². The maximum absolute atomic E-state index is 12.9. The van der Waals surface area contributed by atoms with Crippen molar-refractivity contribution < 1.29 is 13.6 Å². The number of amides is 1. The Labute approximate surface area is 108 Å². The molecule has 1 aliphatic heterocycles. The van der Waals surface area contributed by atoms with Crippen molar-refractivity contribution in [3.05, 3.63) is 29.8 Å². The van der Waals surface area contributed by atoms with Crippen LogP contribution in [0.3, 0.4) is 0 Å². The average Bonchev–Trinajstić information content (AvgIpc) is 2.20. The lowest BCUT2D eigenvalue weighted by Crippen LogP contribution is -2.43. The monoisotopic (exact) mass is 272 g/mol. The summed E-state index contributed by atoms with van der Waals surface area (Å²) in [7, 11) is 0. The van der Waals surface area contributed by atoms with Crippen LogP contribution in [0.4, 0.5) is 14.5 Å². The number of halogens is 2. The van der Waals surface area contributed by atoms with E-state index in [1.165, 1.54) is 11.8 Å². The molecule has 0 aromatic heterocycles. The molecule has 1 fully saturated rings. The Balaban J connectivity index is 1.75. The highest BCUT2D eigenvalue weighted by Gasteiger charge is 2.16. The molecule has 2 rings (SSSR count). The van der Waals surface area contributed by atoms with Crippen LogP contribution in [-0.2, 0) is 4.79 Å². The van der Waals surface area contributed by atoms with E-state index in [0.29, 0.717) is 11.7 Å². The molecule has 2 N–H and O–H groups in total. The van der Waals surface area contributed by atoms with Crippen molar-refractivity contribution in [3.8, 4) is 0 Å². The fourth-order valence-corrected chi connectivity index (χ4v) is 2.55. The smallest absolute Gasteiger partial charge is 0.234 e. The van der Waals surface area contributed by atoms with Crippen molar-refractivity contribution in [3.63, 3.8) is 0 Å². The Morgan fingerprint density at radius 3 is 2.56 bits per heavy atom. The minimum absolute atomic E-state index is 0.156. The summed E-state index contributed by atoms with van der Waals surface area (Å²) in [6.07, 6.45) is 0. The molecule has 0 unspecified atom stereocenters. The Hall–Kier alpha value is -1.14. The Kier molecular flexibility index (Phi) is 4.54. The number of anilines is 1. The first-order chi connectivity index (χ1) is 8.63. The zero-order valence-electron chi connectivity index (χ0n) is 9.71. The topological polar surface area (TPSA) is 41.1 Å². The van der Waals surface area contributed by atoms with Gasteiger partial charge >= 0.3 is 0 Å². The summed E-state index contributed by atoms with van der Waals surface area (Å²) in [4.78, 5) is 11.5. The second-order valence-corrected chi connectivity index (χ2v) is 5.28. The van der Waals surface area contributed by atoms with E-state index in [4.69, 9.17) is 0 Å². The van der Waals surface area contributed by atoms with E-state index in [0.717, 1.165) is 37.0 Å². The maximum Gasteiger partial charge on any atom is 0.234 e. The summed E-state index contributed by atoms with van der Waals surface area (Å²) in [6, 6.07) is 2.97. The van der Waals surface area contributed by atoms with E-state index in [1.807, 2.05) is 0 Å². The fourth-order valence-electron chi connectivity index (χ4n) is 1.61. The summed E-state index contributed by atoms with van der Waals surface area (Å²) in [5, 5.41) is 5.63. The van der Waals surface area contributed by atoms with Crippen LogP contribution in [0, 0.1) is 17.6 Å². The lowest BCUT2D eigenvalue weighted by Gasteiger charge is -2.26. The largest absolute Gasteiger partial charge is 0.325 e. The number of thioether (sulfide) groups is 1. The maximum atomic E-state index is 12.9. The van der Waals surface area contributed by atoms with Crippen LogP contribution in [-0.4, -0.2) is 30.5 Å². The highest BCUT2D eigenvalue weighted by atomic mass is 32.2. The summed E-state index contributed by atoms with van der Waals surface area (Å²) in [5.41, 5.74) is 0.156. The van der Waals surface area contributed by atoms with Crippen molar-refractivity contribution in [2.45, 2.75) is 0 Å². The number of rotatable bonds is 5. The summed E-state index contributed by atoms with van der Waals surface area (Å²) >= 11 is 1.53. The molecule has 0 bridgehead atoms. The van der Waals surface area contributed by atoms with E-state index >= 15 is 0 Å². The number of hydrogen-bond donors (Lipinski definition) is 2. The van der Waals surface area contributed by atoms with E-state index < -0.39 is 11.6 Å². The van der Waals surface area contributed by atoms with E-state index in [9.17, 15) is 13.6 Å². The van der Waals surface area contributed by atoms with Gasteiger partial charge in [-0.3, -0.25) is 4.79 Å². The second-order valence-electron chi connectivity index (χ2n) is 4.25. The molecular formula is C12H14F2N2OS. The van der Waals surface area contributed by atoms with Crippen molar-refractivity contribution in [1.29, 1.82) is 0 Å². The molecule has 0 spiro atoms. The van der Waals surface area contributed by atoms with Crippen molar-refractivity contribution in [1.82, 2.24) is 5.32 Å². The van der Waals surface area contributed by atoms with Crippen LogP contribution in [0.1, 0.15) is 0 Å². The van der Waals surface area contributed by atoms with Crippen molar-refractivity contribution >= 4 is 23.4 Å². The van der Waals surface area contributed by atoms with Crippen LogP contribution in [0.2, 0.25) is 0 Å². The lowest BCUT2D eigenvalue weighted by molar-refractivity contribution is -0.113. The average molecular weight is 272 g/mol. The third-order valence-electron chi connectivity index (χ3n) is 2.60. The SMILES string of the molecule is O=C(CSCC1CNC1)Nc1cc(F)cc(F)c1. The predicted octanol–water partition coefficient (Wildman–Crippen LogP) is 1.86. The molecule has 3 nitrogen and oxygen atoms in total. The van der Waals surface area contributed by atoms with Gasteiger partial charge in [0.1, 0.15) is 11.6 Å². The first kappa shape index (κ1) is 13.3. The molecule has 0 atom stereocenters. The third kappa shape index (κ3) is 3.96. The number of hydrogen-bond acceptors (Lipinski definition) is 3. The van der Waals surface area contributed by atoms with Crippen LogP contribution in [0.25, 0.3) is 0 Å². The molecule has 0 aliphatic carbocycles. The fraction of sp³-hybridized carbons (Fsp3) is 0.417. The quantitative estimate of drug-likeness (QED) is 0.859. The van der Waals surface area contributed by atoms with Crippen LogP contribution in [0.5, 0.6) is 0 Å². The molecule has 18 heavy (non-hydrogen) atoms. The molecular weight excluding hydrogens is 258 g/mol. The van der Waals surface area contributed by atoms with Gasteiger partial charge in [0, 0.05) is 11.8 Å². The van der Waals surface area contributed by atoms with Gasteiger partial charge in [-0.1, -0.05) is 0 Å². The summed E-state index contributed by atoms with van der Waals surface area (Å²) in [6.45, 7) is 2.01. The van der Waals surface area contributed by atoms with Gasteiger partial charge in [-0.2, -0.15) is 11.8 Å². The van der Waals surface area contributed by atoms with Crippen LogP contribution in [0.15, 0.2) is 18.2 Å². The summed E-state index contributed by atoms with van der Waals surface area (Å²) in [5.74, 6) is 0.232. The second kappa shape index (κ2) is 6.15. The van der Waals surface area contributed by atoms with Gasteiger partial charge in [-0.15, -0.1) is 0 Å². The van der Waals surface area contributed by atoms with Gasteiger partial charge in [-0.05, 0) is 36.9 Å². The van der Waals surface area contributed by atoms with Crippen LogP contribution >= 0.6 is 11.8 Å². The highest BCUT2D eigenvalue weighted by Crippen LogP contribution is 2.15. The summed E-state index contributed by atoms with van der Waals surface area (Å²) < 4.78 is 25.8. The van der Waals surface area contributed by atoms with Gasteiger partial charge in [0.25, 0.3) is 0 Å². The van der Waals surface area contributed by atoms with Crippen molar-refractivity contribution in [2.24, 2.45) is 5.92 Å². The number of carbonyl (C=O) groups is 1. The lowest BCUT2D eigenvalue weighted by atomic mass is 10.1. The van der Waals surface area contributed by atoms with E-state index in [2.05, 4.69) is 10.6 Å². The van der Waals surface area contributed by atoms with Gasteiger partial charge in [0.15, 0.2) is 0 Å². The van der Waals surface area contributed by atoms with E-state index in [1.54, 1.807) is 0 Å². The zero-order chi connectivity index (χ0) is 13.0. The normalized spacial score (nSPS) is 15.2. The number of nitrogens with one attached hydrogen (secondary N) is 2. The highest BCUT2D eigenvalue weighted by molar-refractivity contribution is 7.99. The predicted molar refractivity (Wildman–Crippen MR) is 68.7 cm³/mol. The third-order valence-corrected chi connectivity index (χ3v) is 3.77. The molecule has 1 saturated heterocycles. The molecule has 0 saturated carbocycles. The molecule has 1 aromatic carbocycles. The zero-order valence-corrected chi connectivity index (χ0v) is 10.5. The van der Waals surface area contributed by atoms with Crippen LogP contribution < -0.4 is 10.6 Å². The molecule has 0 radical (unpaired) electrons. The molecule has 98 valence electrons. The molecule has 1 aromatic rings. The Bertz CT molecular complexity index is 418. The van der Waals surface area contributed by atoms with Crippen molar-refractivity contribution in [2.75, 3.05) is 29.9 Å². The molecule has 6 heteroatoms. The molecule has 1 aliphatic rings. The minimum atomic E-state index is -0.696. The van der Waals surface area contributed by atoms with Gasteiger partial charge in [0.2, 0.25) is 5.91 Å². The van der Waals surface area contributed by atoms with Gasteiger partial charge in [0.05, 0.1) is 5.75 Å². The molecule has 1 amide bonds. The standard InChI is InChI=1S/C12H14F2N2OS/c13-9-1-10(14)3-11(2-9)16-12(17)7-18-6-8-4-15-5-8/h1-3,8,15H,4-7H2,(H,16,17). The van der Waals surface area contributed by atoms with Gasteiger partial charge in [-0.25, -0.2) is 8.78 Å². The van der Waals surface area contributed by atoms with E-state index in [-0.39, 0.29) is 11.6 Å². The first-order valence-corrected chi connectivity index (χ1v) is 6.83. The first-order valence-electron chi connectivity index (χ1n) is 5.68. The molecule has 1 heterocycles. The number of benzene rings is 1. The number of carbonyl (C=O) groups excluding carboxylic acids is 1.